The second kappa shape index (κ2) is 9.50. The van der Waals surface area contributed by atoms with E-state index in [1.54, 1.807) is 6.08 Å². The molecule has 28 heavy (non-hydrogen) atoms. The summed E-state index contributed by atoms with van der Waals surface area (Å²) in [5.74, 6) is 0.279. The van der Waals surface area contributed by atoms with Crippen LogP contribution < -0.4 is 10.1 Å². The number of hydrogen-bond donors (Lipinski definition) is 1. The van der Waals surface area contributed by atoms with E-state index in [9.17, 15) is 13.2 Å². The number of ether oxygens (including phenoxy) is 1. The van der Waals surface area contributed by atoms with Crippen LogP contribution >= 0.6 is 0 Å². The Kier molecular flexibility index (Phi) is 7.33. The van der Waals surface area contributed by atoms with E-state index in [4.69, 9.17) is 9.15 Å². The molecule has 1 amide bonds. The molecule has 2 aromatic rings. The number of carbonyl (C=O) groups is 1. The highest BCUT2D eigenvalue weighted by molar-refractivity contribution is 7.90. The first-order chi connectivity index (χ1) is 13.2. The van der Waals surface area contributed by atoms with Crippen molar-refractivity contribution in [3.63, 3.8) is 0 Å². The number of sulfone groups is 1. The van der Waals surface area contributed by atoms with Gasteiger partial charge in [-0.3, -0.25) is 4.79 Å². The second-order valence-electron chi connectivity index (χ2n) is 6.63. The van der Waals surface area contributed by atoms with Crippen molar-refractivity contribution in [1.29, 1.82) is 0 Å². The molecule has 0 aliphatic heterocycles. The number of benzene rings is 1. The summed E-state index contributed by atoms with van der Waals surface area (Å²) in [6, 6.07) is 6.80. The van der Waals surface area contributed by atoms with E-state index >= 15 is 0 Å². The van der Waals surface area contributed by atoms with Crippen molar-refractivity contribution in [1.82, 2.24) is 15.5 Å². The summed E-state index contributed by atoms with van der Waals surface area (Å²) in [5.41, 5.74) is 0.782. The van der Waals surface area contributed by atoms with Gasteiger partial charge in [0.2, 0.25) is 21.6 Å². The van der Waals surface area contributed by atoms with Gasteiger partial charge in [-0.2, -0.15) is 0 Å². The molecule has 1 heterocycles. The van der Waals surface area contributed by atoms with Gasteiger partial charge in [0.15, 0.2) is 0 Å². The lowest BCUT2D eigenvalue weighted by atomic mass is 10.0. The van der Waals surface area contributed by atoms with Crippen LogP contribution in [0.25, 0.3) is 6.08 Å². The maximum absolute atomic E-state index is 12.4. The molecule has 8 nitrogen and oxygen atoms in total. The SMILES string of the molecule is CCCOc1ccccc1/C=C/C(=O)N[C@H](c1nnc(S(C)(=O)=O)o1)C(C)C. The number of hydrogen-bond acceptors (Lipinski definition) is 7. The first-order valence-electron chi connectivity index (χ1n) is 8.96. The van der Waals surface area contributed by atoms with Gasteiger partial charge in [-0.25, -0.2) is 8.42 Å². The fourth-order valence-electron chi connectivity index (χ4n) is 2.34. The molecule has 0 saturated carbocycles. The van der Waals surface area contributed by atoms with E-state index in [2.05, 4.69) is 15.5 Å². The van der Waals surface area contributed by atoms with Crippen molar-refractivity contribution in [2.75, 3.05) is 12.9 Å². The quantitative estimate of drug-likeness (QED) is 0.636. The van der Waals surface area contributed by atoms with Gasteiger partial charge in [-0.1, -0.05) is 44.1 Å². The Morgan fingerprint density at radius 3 is 2.61 bits per heavy atom. The van der Waals surface area contributed by atoms with Crippen LogP contribution in [-0.4, -0.2) is 37.4 Å². The van der Waals surface area contributed by atoms with E-state index in [1.807, 2.05) is 45.0 Å². The van der Waals surface area contributed by atoms with Gasteiger partial charge in [-0.15, -0.1) is 5.10 Å². The number of para-hydroxylation sites is 1. The third-order valence-electron chi connectivity index (χ3n) is 3.76. The summed E-state index contributed by atoms with van der Waals surface area (Å²) in [5, 5.41) is 9.61. The van der Waals surface area contributed by atoms with Crippen LogP contribution in [0, 0.1) is 5.92 Å². The van der Waals surface area contributed by atoms with Crippen molar-refractivity contribution in [2.24, 2.45) is 5.92 Å². The standard InChI is InChI=1S/C19H25N3O5S/c1-5-12-26-15-9-7-6-8-14(15)10-11-16(23)20-17(13(2)3)18-21-22-19(27-18)28(4,24)25/h6-11,13,17H,5,12H2,1-4H3,(H,20,23)/b11-10+/t17-/m0/s1. The first kappa shape index (κ1) is 21.6. The summed E-state index contributed by atoms with van der Waals surface area (Å²) >= 11 is 0. The Morgan fingerprint density at radius 1 is 1.29 bits per heavy atom. The second-order valence-corrected chi connectivity index (χ2v) is 8.52. The summed E-state index contributed by atoms with van der Waals surface area (Å²) in [7, 11) is -3.61. The zero-order valence-electron chi connectivity index (χ0n) is 16.4. The summed E-state index contributed by atoms with van der Waals surface area (Å²) in [6.07, 6.45) is 4.91. The highest BCUT2D eigenvalue weighted by atomic mass is 32.2. The van der Waals surface area contributed by atoms with Gasteiger partial charge in [0.1, 0.15) is 11.8 Å². The third-order valence-corrected chi connectivity index (χ3v) is 4.56. The predicted molar refractivity (Wildman–Crippen MR) is 104 cm³/mol. The van der Waals surface area contributed by atoms with Crippen molar-refractivity contribution in [3.8, 4) is 5.75 Å². The Balaban J connectivity index is 2.13. The molecule has 1 atom stereocenters. The summed E-state index contributed by atoms with van der Waals surface area (Å²) in [4.78, 5) is 12.4. The van der Waals surface area contributed by atoms with Crippen molar-refractivity contribution in [3.05, 3.63) is 41.8 Å². The molecule has 0 aliphatic rings. The zero-order chi connectivity index (χ0) is 20.7. The average Bonchev–Trinajstić information content (AvgIpc) is 3.13. The summed E-state index contributed by atoms with van der Waals surface area (Å²) in [6.45, 7) is 6.32. The van der Waals surface area contributed by atoms with Crippen molar-refractivity contribution >= 4 is 21.8 Å². The van der Waals surface area contributed by atoms with Crippen molar-refractivity contribution < 1.29 is 22.4 Å². The lowest BCUT2D eigenvalue weighted by molar-refractivity contribution is -0.117. The van der Waals surface area contributed by atoms with E-state index in [1.165, 1.54) is 6.08 Å². The highest BCUT2D eigenvalue weighted by Gasteiger charge is 2.26. The first-order valence-corrected chi connectivity index (χ1v) is 10.9. The molecule has 0 unspecified atom stereocenters. The Labute approximate surface area is 164 Å². The number of nitrogens with one attached hydrogen (secondary N) is 1. The van der Waals surface area contributed by atoms with Gasteiger partial charge in [0, 0.05) is 17.9 Å². The highest BCUT2D eigenvalue weighted by Crippen LogP contribution is 2.23. The van der Waals surface area contributed by atoms with Gasteiger partial charge in [-0.05, 0) is 24.5 Å². The maximum atomic E-state index is 12.4. The summed E-state index contributed by atoms with van der Waals surface area (Å²) < 4.78 is 33.9. The molecule has 0 radical (unpaired) electrons. The molecule has 0 aliphatic carbocycles. The van der Waals surface area contributed by atoms with Gasteiger partial charge in [0.05, 0.1) is 6.61 Å². The molecule has 1 N–H and O–H groups in total. The number of aromatic nitrogens is 2. The van der Waals surface area contributed by atoms with Crippen molar-refractivity contribution in [2.45, 2.75) is 38.5 Å². The van der Waals surface area contributed by atoms with Crippen LogP contribution in [0.1, 0.15) is 44.7 Å². The smallest absolute Gasteiger partial charge is 0.335 e. The molecule has 1 aromatic carbocycles. The molecule has 2 rings (SSSR count). The van der Waals surface area contributed by atoms with Crippen LogP contribution in [0.4, 0.5) is 0 Å². The topological polar surface area (TPSA) is 111 Å². The number of carbonyl (C=O) groups excluding carboxylic acids is 1. The third kappa shape index (κ3) is 5.91. The van der Waals surface area contributed by atoms with Crippen LogP contribution in [0.2, 0.25) is 0 Å². The monoisotopic (exact) mass is 407 g/mol. The van der Waals surface area contributed by atoms with E-state index < -0.39 is 21.1 Å². The minimum Gasteiger partial charge on any atom is -0.493 e. The number of rotatable bonds is 9. The molecule has 0 bridgehead atoms. The molecule has 152 valence electrons. The molecule has 9 heteroatoms. The van der Waals surface area contributed by atoms with Gasteiger partial charge < -0.3 is 14.5 Å². The predicted octanol–water partition coefficient (Wildman–Crippen LogP) is 2.79. The minimum absolute atomic E-state index is 0.0452. The van der Waals surface area contributed by atoms with Crippen LogP contribution in [-0.2, 0) is 14.6 Å². The lowest BCUT2D eigenvalue weighted by Gasteiger charge is -2.17. The van der Waals surface area contributed by atoms with Crippen LogP contribution in [0.3, 0.4) is 0 Å². The molecule has 0 saturated heterocycles. The fraction of sp³-hybridized carbons (Fsp3) is 0.421. The normalized spacial score (nSPS) is 13.0. The molecule has 0 spiro atoms. The average molecular weight is 407 g/mol. The van der Waals surface area contributed by atoms with E-state index in [0.29, 0.717) is 12.4 Å². The van der Waals surface area contributed by atoms with E-state index in [0.717, 1.165) is 18.2 Å². The lowest BCUT2D eigenvalue weighted by Crippen LogP contribution is -2.30. The van der Waals surface area contributed by atoms with Gasteiger partial charge in [0.25, 0.3) is 0 Å². The van der Waals surface area contributed by atoms with E-state index in [-0.39, 0.29) is 17.7 Å². The van der Waals surface area contributed by atoms with Crippen LogP contribution in [0.15, 0.2) is 40.0 Å². The number of amides is 1. The maximum Gasteiger partial charge on any atom is 0.335 e. The Hall–Kier alpha value is -2.68. The molecule has 1 aromatic heterocycles. The fourth-order valence-corrected chi connectivity index (χ4v) is 2.76. The molecular formula is C19H25N3O5S. The van der Waals surface area contributed by atoms with Gasteiger partial charge >= 0.3 is 5.22 Å². The number of nitrogens with zero attached hydrogens (tertiary/aromatic N) is 2. The largest absolute Gasteiger partial charge is 0.493 e. The Bertz CT molecular complexity index is 935. The Morgan fingerprint density at radius 2 is 2.00 bits per heavy atom. The zero-order valence-corrected chi connectivity index (χ0v) is 17.2. The van der Waals surface area contributed by atoms with Crippen LogP contribution in [0.5, 0.6) is 5.75 Å². The minimum atomic E-state index is -3.61. The molecular weight excluding hydrogens is 382 g/mol. The molecule has 0 fully saturated rings.